The number of nitrogens with zero attached hydrogens (tertiary/aromatic N) is 1. The van der Waals surface area contributed by atoms with Crippen LogP contribution in [0, 0.1) is 5.92 Å². The molecule has 3 nitrogen and oxygen atoms in total. The molecule has 4 rings (SSSR count). The molecular formula is C25H39NO2. The van der Waals surface area contributed by atoms with Crippen LogP contribution in [0.1, 0.15) is 78.1 Å². The van der Waals surface area contributed by atoms with Gasteiger partial charge in [0.05, 0.1) is 5.60 Å². The molecule has 1 N–H and O–H groups in total. The summed E-state index contributed by atoms with van der Waals surface area (Å²) >= 11 is 0. The van der Waals surface area contributed by atoms with Gasteiger partial charge in [0.15, 0.2) is 0 Å². The third-order valence-corrected chi connectivity index (χ3v) is 7.42. The Morgan fingerprint density at radius 2 is 1.82 bits per heavy atom. The summed E-state index contributed by atoms with van der Waals surface area (Å²) in [6.45, 7) is 9.77. The van der Waals surface area contributed by atoms with Gasteiger partial charge in [-0.25, -0.2) is 0 Å². The molecule has 0 atom stereocenters. The molecular weight excluding hydrogens is 346 g/mol. The van der Waals surface area contributed by atoms with Crippen LogP contribution >= 0.6 is 0 Å². The fourth-order valence-corrected chi connectivity index (χ4v) is 5.63. The SMILES string of the molecule is CCC1=C(CC)/C(=C2/CCCN(CC3CC3)CC2)CC=C1C1(O)CCOCC1. The highest BCUT2D eigenvalue weighted by molar-refractivity contribution is 5.54. The number of rotatable bonds is 5. The van der Waals surface area contributed by atoms with Crippen molar-refractivity contribution in [2.75, 3.05) is 32.8 Å². The number of hydrogen-bond acceptors (Lipinski definition) is 3. The molecule has 28 heavy (non-hydrogen) atoms. The molecule has 2 saturated heterocycles. The first-order valence-corrected chi connectivity index (χ1v) is 11.8. The summed E-state index contributed by atoms with van der Waals surface area (Å²) in [5.74, 6) is 0.993. The van der Waals surface area contributed by atoms with Crippen LogP contribution < -0.4 is 0 Å². The van der Waals surface area contributed by atoms with Crippen molar-refractivity contribution in [3.8, 4) is 0 Å². The van der Waals surface area contributed by atoms with Crippen LogP contribution in [0.25, 0.3) is 0 Å². The van der Waals surface area contributed by atoms with E-state index in [0.29, 0.717) is 13.2 Å². The summed E-state index contributed by atoms with van der Waals surface area (Å²) < 4.78 is 5.53. The number of aliphatic hydroxyl groups is 1. The Kier molecular flexibility index (Phi) is 6.44. The number of ether oxygens (including phenoxy) is 1. The first-order chi connectivity index (χ1) is 13.6. The number of hydrogen-bond donors (Lipinski definition) is 1. The molecule has 0 spiro atoms. The second-order valence-corrected chi connectivity index (χ2v) is 9.31. The van der Waals surface area contributed by atoms with Gasteiger partial charge in [-0.1, -0.05) is 25.5 Å². The Bertz CT molecular complexity index is 662. The fourth-order valence-electron chi connectivity index (χ4n) is 5.63. The summed E-state index contributed by atoms with van der Waals surface area (Å²) in [5, 5.41) is 11.4. The molecule has 0 aromatic carbocycles. The quantitative estimate of drug-likeness (QED) is 0.709. The van der Waals surface area contributed by atoms with Crippen molar-refractivity contribution in [2.24, 2.45) is 5.92 Å². The van der Waals surface area contributed by atoms with Crippen molar-refractivity contribution in [3.05, 3.63) is 33.9 Å². The van der Waals surface area contributed by atoms with Crippen LogP contribution in [-0.4, -0.2) is 48.5 Å². The molecule has 0 bridgehead atoms. The lowest BCUT2D eigenvalue weighted by atomic mass is 9.73. The minimum atomic E-state index is -0.676. The summed E-state index contributed by atoms with van der Waals surface area (Å²) in [7, 11) is 0. The highest BCUT2D eigenvalue weighted by atomic mass is 16.5. The largest absolute Gasteiger partial charge is 0.385 e. The minimum Gasteiger partial charge on any atom is -0.385 e. The minimum absolute atomic E-state index is 0.676. The molecule has 3 fully saturated rings. The van der Waals surface area contributed by atoms with Crippen molar-refractivity contribution >= 4 is 0 Å². The molecule has 1 saturated carbocycles. The maximum Gasteiger partial charge on any atom is 0.0940 e. The predicted octanol–water partition coefficient (Wildman–Crippen LogP) is 5.17. The van der Waals surface area contributed by atoms with Crippen molar-refractivity contribution in [1.82, 2.24) is 4.90 Å². The van der Waals surface area contributed by atoms with Crippen LogP contribution in [0.15, 0.2) is 33.9 Å². The average Bonchev–Trinajstić information content (AvgIpc) is 3.55. The van der Waals surface area contributed by atoms with Gasteiger partial charge < -0.3 is 14.7 Å². The van der Waals surface area contributed by atoms with E-state index in [-0.39, 0.29) is 0 Å². The zero-order valence-electron chi connectivity index (χ0n) is 18.1. The number of likely N-dealkylation sites (tertiary alicyclic amines) is 1. The maximum atomic E-state index is 11.4. The normalized spacial score (nSPS) is 29.6. The van der Waals surface area contributed by atoms with Gasteiger partial charge in [-0.15, -0.1) is 0 Å². The highest BCUT2D eigenvalue weighted by Crippen LogP contribution is 2.44. The van der Waals surface area contributed by atoms with Gasteiger partial charge in [0.25, 0.3) is 0 Å². The summed E-state index contributed by atoms with van der Waals surface area (Å²) in [6, 6.07) is 0. The standard InChI is InChI=1S/C25H39NO2/c1-3-21-22(4-2)24(25(27)12-16-28-17-13-25)10-9-23(21)20-6-5-14-26(15-11-20)18-19-7-8-19/h10,19,27H,3-9,11-18H2,1-2H3/b23-20-. The van der Waals surface area contributed by atoms with E-state index >= 15 is 0 Å². The van der Waals surface area contributed by atoms with Crippen LogP contribution in [0.5, 0.6) is 0 Å². The number of allylic oxidation sites excluding steroid dienone is 3. The molecule has 4 aliphatic rings. The van der Waals surface area contributed by atoms with E-state index < -0.39 is 5.60 Å². The molecule has 0 aromatic heterocycles. The second kappa shape index (κ2) is 8.85. The van der Waals surface area contributed by atoms with E-state index in [4.69, 9.17) is 4.74 Å². The predicted molar refractivity (Wildman–Crippen MR) is 115 cm³/mol. The fraction of sp³-hybridized carbons (Fsp3) is 0.760. The zero-order chi connectivity index (χ0) is 19.6. The average molecular weight is 386 g/mol. The van der Waals surface area contributed by atoms with Crippen molar-refractivity contribution < 1.29 is 9.84 Å². The lowest BCUT2D eigenvalue weighted by Gasteiger charge is -2.38. The van der Waals surface area contributed by atoms with Crippen LogP contribution in [0.4, 0.5) is 0 Å². The van der Waals surface area contributed by atoms with E-state index in [0.717, 1.165) is 38.0 Å². The van der Waals surface area contributed by atoms with E-state index in [1.165, 1.54) is 62.9 Å². The van der Waals surface area contributed by atoms with Gasteiger partial charge in [0.1, 0.15) is 0 Å². The summed E-state index contributed by atoms with van der Waals surface area (Å²) in [4.78, 5) is 2.72. The summed E-state index contributed by atoms with van der Waals surface area (Å²) in [5.41, 5.74) is 6.85. The molecule has 2 heterocycles. The molecule has 3 heteroatoms. The molecule has 0 unspecified atom stereocenters. The lowest BCUT2D eigenvalue weighted by Crippen LogP contribution is -2.39. The van der Waals surface area contributed by atoms with Crippen molar-refractivity contribution in [3.63, 3.8) is 0 Å². The lowest BCUT2D eigenvalue weighted by molar-refractivity contribution is -0.0385. The molecule has 2 aliphatic heterocycles. The van der Waals surface area contributed by atoms with Crippen molar-refractivity contribution in [2.45, 2.75) is 83.7 Å². The Labute approximate surface area is 171 Å². The molecule has 2 aliphatic carbocycles. The van der Waals surface area contributed by atoms with Gasteiger partial charge in [-0.2, -0.15) is 0 Å². The first-order valence-electron chi connectivity index (χ1n) is 11.8. The Morgan fingerprint density at radius 3 is 2.50 bits per heavy atom. The van der Waals surface area contributed by atoms with Gasteiger partial charge >= 0.3 is 0 Å². The van der Waals surface area contributed by atoms with Crippen LogP contribution in [0.2, 0.25) is 0 Å². The maximum absolute atomic E-state index is 11.4. The van der Waals surface area contributed by atoms with E-state index in [2.05, 4.69) is 24.8 Å². The molecule has 0 aromatic rings. The zero-order valence-corrected chi connectivity index (χ0v) is 18.1. The van der Waals surface area contributed by atoms with E-state index in [9.17, 15) is 5.11 Å². The van der Waals surface area contributed by atoms with Crippen LogP contribution in [0.3, 0.4) is 0 Å². The van der Waals surface area contributed by atoms with E-state index in [1.807, 2.05) is 0 Å². The molecule has 0 amide bonds. The molecule has 0 radical (unpaired) electrons. The monoisotopic (exact) mass is 385 g/mol. The van der Waals surface area contributed by atoms with E-state index in [1.54, 1.807) is 16.7 Å². The van der Waals surface area contributed by atoms with Crippen molar-refractivity contribution in [1.29, 1.82) is 0 Å². The first kappa shape index (κ1) is 20.4. The third-order valence-electron chi connectivity index (χ3n) is 7.42. The Balaban J connectivity index is 1.58. The Hall–Kier alpha value is -0.900. The summed E-state index contributed by atoms with van der Waals surface area (Å²) in [6.07, 6.45) is 13.7. The van der Waals surface area contributed by atoms with Gasteiger partial charge in [0, 0.05) is 39.1 Å². The third kappa shape index (κ3) is 4.32. The van der Waals surface area contributed by atoms with Gasteiger partial charge in [0.2, 0.25) is 0 Å². The van der Waals surface area contributed by atoms with Gasteiger partial charge in [-0.05, 0) is 86.1 Å². The molecule has 156 valence electrons. The topological polar surface area (TPSA) is 32.7 Å². The van der Waals surface area contributed by atoms with Crippen LogP contribution in [-0.2, 0) is 4.74 Å². The smallest absolute Gasteiger partial charge is 0.0940 e. The highest BCUT2D eigenvalue weighted by Gasteiger charge is 2.37. The second-order valence-electron chi connectivity index (χ2n) is 9.31. The van der Waals surface area contributed by atoms with Gasteiger partial charge in [-0.3, -0.25) is 0 Å². The Morgan fingerprint density at radius 1 is 1.07 bits per heavy atom.